The molecule has 14 aromatic rings. The monoisotopic (exact) mass is 969 g/mol. The van der Waals surface area contributed by atoms with Gasteiger partial charge in [0.05, 0.1) is 28.1 Å². The number of furan rings is 2. The predicted octanol–water partition coefficient (Wildman–Crippen LogP) is 20.4. The minimum Gasteiger partial charge on any atom is -0.454 e. The molecule has 75 heavy (non-hydrogen) atoms. The van der Waals surface area contributed by atoms with Crippen LogP contribution in [-0.4, -0.2) is 4.57 Å². The summed E-state index contributed by atoms with van der Waals surface area (Å²) >= 11 is 0. The zero-order chi connectivity index (χ0) is 50.7. The van der Waals surface area contributed by atoms with Crippen molar-refractivity contribution in [3.63, 3.8) is 0 Å². The molecule has 5 heteroatoms. The van der Waals surface area contributed by atoms with Crippen LogP contribution in [0.5, 0.6) is 0 Å². The second-order valence-corrected chi connectivity index (χ2v) is 22.2. The number of rotatable bonds is 7. The van der Waals surface area contributed by atoms with E-state index in [9.17, 15) is 0 Å². The minimum absolute atomic E-state index is 0.0887. The van der Waals surface area contributed by atoms with Gasteiger partial charge in [-0.05, 0) is 106 Å². The molecule has 0 saturated heterocycles. The first-order valence-corrected chi connectivity index (χ1v) is 26.1. The van der Waals surface area contributed by atoms with Gasteiger partial charge in [-0.2, -0.15) is 0 Å². The minimum atomic E-state index is -0.0960. The second kappa shape index (κ2) is 16.7. The van der Waals surface area contributed by atoms with Gasteiger partial charge in [0, 0.05) is 71.6 Å². The summed E-state index contributed by atoms with van der Waals surface area (Å²) in [4.78, 5) is 4.71. The smallest absolute Gasteiger partial charge is 0.159 e. The van der Waals surface area contributed by atoms with Crippen molar-refractivity contribution in [2.45, 2.75) is 52.4 Å². The summed E-state index contributed by atoms with van der Waals surface area (Å²) in [5.41, 5.74) is 15.3. The van der Waals surface area contributed by atoms with Crippen LogP contribution in [0, 0.1) is 0 Å². The number of anilines is 6. The maximum atomic E-state index is 7.06. The summed E-state index contributed by atoms with van der Waals surface area (Å²) in [5, 5.41) is 11.5. The highest BCUT2D eigenvalue weighted by Crippen LogP contribution is 2.48. The molecule has 0 radical (unpaired) electrons. The van der Waals surface area contributed by atoms with Gasteiger partial charge < -0.3 is 23.2 Å². The molecule has 0 saturated carbocycles. The first-order valence-electron chi connectivity index (χ1n) is 26.1. The van der Waals surface area contributed by atoms with Gasteiger partial charge in [0.25, 0.3) is 0 Å². The van der Waals surface area contributed by atoms with E-state index in [4.69, 9.17) is 8.83 Å². The lowest BCUT2D eigenvalue weighted by molar-refractivity contribution is 0.572. The van der Waals surface area contributed by atoms with Gasteiger partial charge in [-0.3, -0.25) is 0 Å². The van der Waals surface area contributed by atoms with Crippen molar-refractivity contribution in [2.24, 2.45) is 0 Å². The molecule has 0 aliphatic heterocycles. The summed E-state index contributed by atoms with van der Waals surface area (Å²) in [6.45, 7) is 13.5. The molecule has 0 unspecified atom stereocenters. The van der Waals surface area contributed by atoms with E-state index in [0.29, 0.717) is 0 Å². The Hall–Kier alpha value is -9.06. The second-order valence-electron chi connectivity index (χ2n) is 22.2. The van der Waals surface area contributed by atoms with Crippen molar-refractivity contribution in [1.82, 2.24) is 4.57 Å². The highest BCUT2D eigenvalue weighted by molar-refractivity contribution is 6.17. The van der Waals surface area contributed by atoms with Gasteiger partial charge in [-0.25, -0.2) is 0 Å². The Kier molecular flexibility index (Phi) is 9.96. The van der Waals surface area contributed by atoms with Crippen LogP contribution in [-0.2, 0) is 10.8 Å². The SMILES string of the molecule is CC(C)(C)c1cccc2c1oc1c(N(c3ccccc3)c3ccc4cc5c6ccc(N(c7ccccc7)c7cccc8c7oc7c(C(C)(C)C)cccc78)cc6n(-c6cccc7ccccc67)c5cc4c3)cccc12. The number of nitrogens with zero attached hydrogens (tertiary/aromatic N) is 3. The molecule has 3 aromatic heterocycles. The Morgan fingerprint density at radius 3 is 1.36 bits per heavy atom. The lowest BCUT2D eigenvalue weighted by atomic mass is 9.86. The molecular weight excluding hydrogens is 915 g/mol. The highest BCUT2D eigenvalue weighted by Gasteiger charge is 2.27. The molecule has 0 aliphatic carbocycles. The number of benzene rings is 11. The fourth-order valence-electron chi connectivity index (χ4n) is 11.8. The van der Waals surface area contributed by atoms with Crippen LogP contribution >= 0.6 is 0 Å². The van der Waals surface area contributed by atoms with Gasteiger partial charge in [-0.15, -0.1) is 0 Å². The van der Waals surface area contributed by atoms with Crippen molar-refractivity contribution >= 4 is 121 Å². The average Bonchev–Trinajstić information content (AvgIpc) is 4.16. The Labute approximate surface area is 436 Å². The molecule has 11 aromatic carbocycles. The molecule has 0 bridgehead atoms. The molecule has 0 atom stereocenters. The molecule has 5 nitrogen and oxygen atoms in total. The number of hydrogen-bond donors (Lipinski definition) is 0. The largest absolute Gasteiger partial charge is 0.454 e. The van der Waals surface area contributed by atoms with E-state index in [0.717, 1.165) is 105 Å². The maximum absolute atomic E-state index is 7.06. The molecule has 0 amide bonds. The number of fused-ring (bicyclic) bond motifs is 11. The Morgan fingerprint density at radius 2 is 0.773 bits per heavy atom. The van der Waals surface area contributed by atoms with Crippen molar-refractivity contribution in [2.75, 3.05) is 9.80 Å². The van der Waals surface area contributed by atoms with Crippen LogP contribution in [0.2, 0.25) is 0 Å². The van der Waals surface area contributed by atoms with E-state index in [1.807, 2.05) is 0 Å². The number of para-hydroxylation sites is 6. The molecule has 362 valence electrons. The van der Waals surface area contributed by atoms with E-state index >= 15 is 0 Å². The summed E-state index contributed by atoms with van der Waals surface area (Å²) in [6, 6.07) is 81.6. The number of aromatic nitrogens is 1. The van der Waals surface area contributed by atoms with Gasteiger partial charge in [0.2, 0.25) is 0 Å². The van der Waals surface area contributed by atoms with Crippen molar-refractivity contribution in [1.29, 1.82) is 0 Å². The first-order chi connectivity index (χ1) is 36.5. The fourth-order valence-corrected chi connectivity index (χ4v) is 11.8. The third kappa shape index (κ3) is 7.13. The van der Waals surface area contributed by atoms with Gasteiger partial charge in [0.1, 0.15) is 11.2 Å². The highest BCUT2D eigenvalue weighted by atomic mass is 16.3. The molecule has 0 N–H and O–H groups in total. The summed E-state index contributed by atoms with van der Waals surface area (Å²) in [7, 11) is 0. The van der Waals surface area contributed by atoms with Crippen LogP contribution in [0.1, 0.15) is 52.7 Å². The topological polar surface area (TPSA) is 37.7 Å². The average molecular weight is 970 g/mol. The lowest BCUT2D eigenvalue weighted by Gasteiger charge is -2.26. The Balaban J connectivity index is 1.01. The van der Waals surface area contributed by atoms with Crippen LogP contribution < -0.4 is 9.80 Å². The molecular formula is C70H55N3O2. The zero-order valence-electron chi connectivity index (χ0n) is 43.0. The van der Waals surface area contributed by atoms with E-state index < -0.39 is 0 Å². The van der Waals surface area contributed by atoms with E-state index in [2.05, 4.69) is 280 Å². The van der Waals surface area contributed by atoms with Crippen molar-refractivity contribution in [3.05, 3.63) is 236 Å². The summed E-state index contributed by atoms with van der Waals surface area (Å²) < 4.78 is 16.6. The predicted molar refractivity (Wildman–Crippen MR) is 317 cm³/mol. The molecule has 0 aliphatic rings. The molecule has 0 spiro atoms. The van der Waals surface area contributed by atoms with Crippen LogP contribution in [0.15, 0.2) is 233 Å². The Bertz CT molecular complexity index is 4560. The van der Waals surface area contributed by atoms with Gasteiger partial charge in [-0.1, -0.05) is 187 Å². The van der Waals surface area contributed by atoms with Gasteiger partial charge >= 0.3 is 0 Å². The van der Waals surface area contributed by atoms with E-state index in [-0.39, 0.29) is 10.8 Å². The fraction of sp³-hybridized carbons (Fsp3) is 0.114. The van der Waals surface area contributed by atoms with E-state index in [1.54, 1.807) is 0 Å². The normalized spacial score (nSPS) is 12.4. The standard InChI is InChI=1S/C70H55N3O2/c1-69(2,3)58-31-16-27-53-55-29-18-34-61(67(55)74-65(53)58)71(47-22-9-7-10-23-47)49-37-36-45-41-57-52-39-38-50(43-64(52)73(63(57)42-46(45)40-49)60-33-15-21-44-20-13-14-26-51(44)60)72(48-24-11-8-12-25-48)62-35-19-30-56-54-28-17-32-59(70(4,5)6)66(54)75-68(56)62/h7-43H,1-6H3. The lowest BCUT2D eigenvalue weighted by Crippen LogP contribution is -2.11. The first kappa shape index (κ1) is 44.6. The van der Waals surface area contributed by atoms with Crippen LogP contribution in [0.3, 0.4) is 0 Å². The van der Waals surface area contributed by atoms with Crippen molar-refractivity contribution < 1.29 is 8.83 Å². The quantitative estimate of drug-likeness (QED) is 0.159. The third-order valence-electron chi connectivity index (χ3n) is 15.3. The Morgan fingerprint density at radius 1 is 0.307 bits per heavy atom. The van der Waals surface area contributed by atoms with Gasteiger partial charge in [0.15, 0.2) is 11.2 Å². The van der Waals surface area contributed by atoms with Crippen LogP contribution in [0.25, 0.3) is 92.9 Å². The zero-order valence-corrected chi connectivity index (χ0v) is 43.0. The summed E-state index contributed by atoms with van der Waals surface area (Å²) in [5.74, 6) is 0. The van der Waals surface area contributed by atoms with Crippen molar-refractivity contribution in [3.8, 4) is 5.69 Å². The number of hydrogen-bond acceptors (Lipinski definition) is 4. The summed E-state index contributed by atoms with van der Waals surface area (Å²) in [6.07, 6.45) is 0. The third-order valence-corrected chi connectivity index (χ3v) is 15.3. The van der Waals surface area contributed by atoms with Crippen LogP contribution in [0.4, 0.5) is 34.1 Å². The molecule has 14 rings (SSSR count). The molecule has 0 fully saturated rings. The van der Waals surface area contributed by atoms with E-state index in [1.165, 1.54) is 32.7 Å². The molecule has 3 heterocycles. The maximum Gasteiger partial charge on any atom is 0.159 e.